The lowest BCUT2D eigenvalue weighted by molar-refractivity contribution is -0.134. The number of benzene rings is 6. The Hall–Kier alpha value is -9.04. The van der Waals surface area contributed by atoms with Gasteiger partial charge in [-0.3, -0.25) is 9.69 Å². The zero-order valence-corrected chi connectivity index (χ0v) is 78.1. The lowest BCUT2D eigenvalue weighted by atomic mass is 9.70. The minimum atomic E-state index is -4.07. The molecule has 0 spiro atoms. The summed E-state index contributed by atoms with van der Waals surface area (Å²) in [4.78, 5) is 97.7. The number of hydrogen-bond acceptors (Lipinski definition) is 20. The molecule has 719 valence electrons. The normalized spacial score (nSPS) is 20.4. The molecule has 6 atom stereocenters. The van der Waals surface area contributed by atoms with Gasteiger partial charge in [-0.15, -0.1) is 0 Å². The van der Waals surface area contributed by atoms with Gasteiger partial charge in [0, 0.05) is 151 Å². The molecule has 30 nitrogen and oxygen atoms in total. The fraction of sp³-hybridized carbons (Fsp3) is 0.500. The Morgan fingerprint density at radius 3 is 0.947 bits per heavy atom. The number of aldehydes is 1. The molecule has 6 heterocycles. The van der Waals surface area contributed by atoms with Gasteiger partial charge < -0.3 is 74.3 Å². The Kier molecular flexibility index (Phi) is 41.9. The summed E-state index contributed by atoms with van der Waals surface area (Å²) >= 11 is 17.8. The maximum atomic E-state index is 13.9. The molecule has 43 heteroatoms. The molecule has 2 saturated carbocycles. The van der Waals surface area contributed by atoms with Crippen molar-refractivity contribution in [2.24, 2.45) is 11.8 Å². The quantitative estimate of drug-likeness (QED) is 0.0310. The van der Waals surface area contributed by atoms with Crippen LogP contribution in [0.15, 0.2) is 142 Å². The Balaban J connectivity index is 0.000000246. The van der Waals surface area contributed by atoms with Crippen LogP contribution in [0.4, 0.5) is 45.5 Å². The van der Waals surface area contributed by atoms with Crippen molar-refractivity contribution in [3.05, 3.63) is 194 Å². The zero-order chi connectivity index (χ0) is 94.2. The van der Waals surface area contributed by atoms with Crippen LogP contribution in [-0.4, -0.2) is 282 Å². The number of nitrogens with zero attached hydrogens (tertiary/aromatic N) is 8. The van der Waals surface area contributed by atoms with E-state index in [1.165, 1.54) is 159 Å². The largest absolute Gasteiger partial charge is 0.481 e. The number of carboxylic acid groups (broad SMARTS) is 1. The molecule has 14 rings (SSSR count). The zero-order valence-electron chi connectivity index (χ0n) is 73.4. The maximum absolute atomic E-state index is 13.9. The number of rotatable bonds is 20. The van der Waals surface area contributed by atoms with Crippen molar-refractivity contribution >= 4 is 120 Å². The van der Waals surface area contributed by atoms with Gasteiger partial charge in [-0.25, -0.2) is 70.8 Å². The number of aliphatic carboxylic acids is 1. The molecule has 0 bridgehead atoms. The van der Waals surface area contributed by atoms with E-state index in [1.54, 1.807) is 30.6 Å². The van der Waals surface area contributed by atoms with Gasteiger partial charge in [0.05, 0.1) is 44.2 Å². The first-order valence-corrected chi connectivity index (χ1v) is 47.8. The Morgan fingerprint density at radius 2 is 0.702 bits per heavy atom. The summed E-state index contributed by atoms with van der Waals surface area (Å²) < 4.78 is 191. The summed E-state index contributed by atoms with van der Waals surface area (Å²) in [5.74, 6) is -5.19. The van der Waals surface area contributed by atoms with Crippen molar-refractivity contribution < 1.29 is 125 Å². The van der Waals surface area contributed by atoms with Crippen LogP contribution in [0, 0.1) is 46.7 Å². The lowest BCUT2D eigenvalue weighted by Crippen LogP contribution is -2.53. The van der Waals surface area contributed by atoms with Crippen molar-refractivity contribution in [2.45, 2.75) is 162 Å². The second-order valence-electron chi connectivity index (χ2n) is 33.5. The monoisotopic (exact) mass is 1960 g/mol. The van der Waals surface area contributed by atoms with Crippen molar-refractivity contribution in [3.63, 3.8) is 0 Å². The van der Waals surface area contributed by atoms with Gasteiger partial charge in [0.15, 0.2) is 0 Å². The van der Waals surface area contributed by atoms with Gasteiger partial charge >= 0.3 is 24.4 Å². The second-order valence-corrected chi connectivity index (χ2v) is 40.5. The van der Waals surface area contributed by atoms with E-state index in [4.69, 9.17) is 63.7 Å². The van der Waals surface area contributed by atoms with E-state index in [2.05, 4.69) is 10.2 Å². The van der Waals surface area contributed by atoms with Crippen molar-refractivity contribution in [3.8, 4) is 0 Å². The molecule has 8 aliphatic rings. The molecule has 1 radical (unpaired) electrons. The summed E-state index contributed by atoms with van der Waals surface area (Å²) in [5, 5.41) is 11.7. The number of carbonyl (C=O) groups excluding carboxylic acids is 7. The first-order chi connectivity index (χ1) is 60.9. The van der Waals surface area contributed by atoms with Crippen LogP contribution in [0.1, 0.15) is 140 Å². The summed E-state index contributed by atoms with van der Waals surface area (Å²) in [5.41, 5.74) is 0.147. The highest BCUT2D eigenvalue weighted by Gasteiger charge is 2.44. The minimum absolute atomic E-state index is 0. The van der Waals surface area contributed by atoms with Crippen molar-refractivity contribution in [1.29, 1.82) is 0 Å². The van der Waals surface area contributed by atoms with Gasteiger partial charge in [-0.2, -0.15) is 12.9 Å². The van der Waals surface area contributed by atoms with E-state index < -0.39 is 137 Å². The van der Waals surface area contributed by atoms with Gasteiger partial charge in [0.2, 0.25) is 30.1 Å². The topological polar surface area (TPSA) is 397 Å². The number of halogens is 9. The molecule has 0 unspecified atom stereocenters. The first-order valence-electron chi connectivity index (χ1n) is 42.3. The number of sulfonamides is 3. The van der Waals surface area contributed by atoms with Crippen LogP contribution < -0.4 is 5.32 Å². The van der Waals surface area contributed by atoms with Gasteiger partial charge in [-0.05, 0) is 248 Å². The summed E-state index contributed by atoms with van der Waals surface area (Å²) in [6.45, 7) is 15.9. The number of hydrogen-bond donors (Lipinski definition) is 2. The predicted octanol–water partition coefficient (Wildman–Crippen LogP) is 12.4. The molecule has 6 saturated heterocycles. The van der Waals surface area contributed by atoms with E-state index in [0.29, 0.717) is 115 Å². The Bertz CT molecular complexity index is 5130. The lowest BCUT2D eigenvalue weighted by Gasteiger charge is -2.39. The summed E-state index contributed by atoms with van der Waals surface area (Å²) in [6.07, 6.45) is 6.34. The molecule has 6 aromatic carbocycles. The number of piperidine rings is 3. The highest BCUT2D eigenvalue weighted by atomic mass is 35.5. The molecular formula is C88H112BCl3F6N9O21S3. The average molecular weight is 1960 g/mol. The third-order valence-corrected chi connectivity index (χ3v) is 28.7. The molecule has 131 heavy (non-hydrogen) atoms. The SMILES string of the molecule is CC(=O)O.CC(=O)[B]C(C)=O.CC(C)(C)OC(=O)N1CCN(C(=O)OC[C@H]2CC[C@@H](c3cc(F)cc(F)c3)CN2S(=O)(=O)c2ccc(Cl)cc2)CC1.O.O.O=C(OC[C@H]1CC[C@@H](c2cc(F)cc(F)c2)CN1S(=O)(=O)c1ccc(Cl)cc1)N1CCN(CC2CC2)CC1.O=C(OC[C@H]1CC[C@@H](c2cc(F)cc(F)c2)CN1S(=O)(=O)c1ccc(Cl)cc1)N1CCNCC1.O=CC1CC1. The van der Waals surface area contributed by atoms with E-state index in [1.807, 2.05) is 0 Å². The highest BCUT2D eigenvalue weighted by Crippen LogP contribution is 2.40. The Morgan fingerprint density at radius 1 is 0.427 bits per heavy atom. The third kappa shape index (κ3) is 34.1. The Labute approximate surface area is 775 Å². The van der Waals surface area contributed by atoms with E-state index >= 15 is 0 Å². The molecule has 2 aliphatic carbocycles. The van der Waals surface area contributed by atoms with E-state index in [9.17, 15) is 85.2 Å². The van der Waals surface area contributed by atoms with Crippen molar-refractivity contribution in [1.82, 2.24) is 42.7 Å². The molecule has 6 aromatic rings. The predicted molar refractivity (Wildman–Crippen MR) is 477 cm³/mol. The molecule has 6 N–H and O–H groups in total. The number of nitrogens with one attached hydrogen (secondary N) is 1. The molecular weight excluding hydrogens is 1850 g/mol. The summed E-state index contributed by atoms with van der Waals surface area (Å²) in [6, 6.07) is 25.1. The van der Waals surface area contributed by atoms with Gasteiger partial charge in [0.25, 0.3) is 13.2 Å². The standard InChI is InChI=1S/C28H34ClF2N3O6S.C27H32ClF2N3O4S.C23H26ClF2N3O4S.C4H6BO2.C4H6O.C2H4O2.2H2O/c1-28(2,3)40-27(36)33-12-10-32(11-13-33)26(35)39-18-24-7-4-19(20-14-22(30)16-23(31)15-20)17-34(24)41(37,38)25-8-5-21(29)6-9-25;28-22-4-7-26(8-5-22)38(35,36)33-17-20(21-13-23(29)15-24(30)14-21)3-6-25(33)18-37-27(34)32-11-9-31(10-12-32)16-19-1-2-19;24-18-2-5-22(6-3-18)34(31,32)29-14-16(17-11-19(25)13-20(26)12-17)1-4-21(29)15-33-23(30)28-9-7-27-8-10-28;1-3(6)5-4(2)7;5-3-4-1-2-4;1-2(3)4;;/h5-6,8-9,14-16,19,24H,4,7,10-13,17-18H2,1-3H3;4-5,7-8,13-15,19-20,25H,1-3,6,9-12,16-18H2;2-3,5-6,11-13,16,21,27H,1,4,7-10,14-15H2;1-2H3;3-4H,1-2H2;1H3,(H,3,4);2*1H2/t19-,24-;20-,25-;16-,21-;;;;;/m111...../s1. The number of carbonyl (C=O) groups is 8. The van der Waals surface area contributed by atoms with Crippen LogP contribution in [-0.2, 0) is 68.2 Å². The van der Waals surface area contributed by atoms with Crippen LogP contribution in [0.5, 0.6) is 0 Å². The molecule has 0 aromatic heterocycles. The first kappa shape index (κ1) is 109. The smallest absolute Gasteiger partial charge is 0.410 e. The average Bonchev–Trinajstić information content (AvgIpc) is 1.77. The number of carboxylic acids is 1. The maximum Gasteiger partial charge on any atom is 0.410 e. The third-order valence-electron chi connectivity index (χ3n) is 22.1. The van der Waals surface area contributed by atoms with Crippen LogP contribution in [0.2, 0.25) is 15.1 Å². The number of piperazine rings is 3. The number of amides is 4. The minimum Gasteiger partial charge on any atom is -0.481 e. The fourth-order valence-electron chi connectivity index (χ4n) is 15.2. The van der Waals surface area contributed by atoms with E-state index in [-0.39, 0.29) is 103 Å². The van der Waals surface area contributed by atoms with Crippen molar-refractivity contribution in [2.75, 3.05) is 125 Å². The molecule has 6 aliphatic heterocycles. The highest BCUT2D eigenvalue weighted by molar-refractivity contribution is 7.89. The number of ether oxygens (including phenoxy) is 4. The van der Waals surface area contributed by atoms with Crippen LogP contribution in [0.3, 0.4) is 0 Å². The van der Waals surface area contributed by atoms with Gasteiger partial charge in [0.1, 0.15) is 66.6 Å². The van der Waals surface area contributed by atoms with E-state index in [0.717, 1.165) is 77.1 Å². The molecule has 8 fully saturated rings. The van der Waals surface area contributed by atoms with Crippen LogP contribution in [0.25, 0.3) is 0 Å². The molecule has 4 amide bonds. The second kappa shape index (κ2) is 50.3. The van der Waals surface area contributed by atoms with Crippen LogP contribution >= 0.6 is 34.8 Å². The fourth-order valence-corrected chi connectivity index (χ4v) is 20.6. The summed E-state index contributed by atoms with van der Waals surface area (Å²) in [7, 11) is -11.0. The van der Waals surface area contributed by atoms with Gasteiger partial charge in [-0.1, -0.05) is 34.8 Å².